The zero-order valence-electron chi connectivity index (χ0n) is 9.56. The molecule has 0 radical (unpaired) electrons. The van der Waals surface area contributed by atoms with Gasteiger partial charge in [0.2, 0.25) is 0 Å². The van der Waals surface area contributed by atoms with Crippen molar-refractivity contribution < 1.29 is 9.53 Å². The topological polar surface area (TPSA) is 26.3 Å². The molecule has 2 aliphatic rings. The Kier molecular flexibility index (Phi) is 2.95. The zero-order chi connectivity index (χ0) is 11.8. The summed E-state index contributed by atoms with van der Waals surface area (Å²) in [4.78, 5) is 11.8. The van der Waals surface area contributed by atoms with E-state index in [1.54, 1.807) is 0 Å². The first kappa shape index (κ1) is 11.3. The maximum atomic E-state index is 11.8. The van der Waals surface area contributed by atoms with Crippen molar-refractivity contribution in [3.8, 4) is 0 Å². The molecule has 1 aliphatic carbocycles. The molecule has 0 bridgehead atoms. The van der Waals surface area contributed by atoms with Gasteiger partial charge in [0.1, 0.15) is 0 Å². The van der Waals surface area contributed by atoms with Crippen LogP contribution in [-0.2, 0) is 9.53 Å². The van der Waals surface area contributed by atoms with Crippen LogP contribution in [0.4, 0.5) is 0 Å². The molecule has 0 aromatic heterocycles. The summed E-state index contributed by atoms with van der Waals surface area (Å²) in [5.41, 5.74) is 1.28. The van der Waals surface area contributed by atoms with Crippen molar-refractivity contribution in [2.45, 2.75) is 25.2 Å². The smallest absolute Gasteiger partial charge is 0.309 e. The summed E-state index contributed by atoms with van der Waals surface area (Å²) in [6, 6.07) is 8.37. The lowest BCUT2D eigenvalue weighted by Crippen LogP contribution is -2.28. The maximum absolute atomic E-state index is 11.8. The van der Waals surface area contributed by atoms with Crippen LogP contribution in [0.2, 0.25) is 0 Å². The first-order chi connectivity index (χ1) is 8.25. The molecule has 1 aliphatic heterocycles. The summed E-state index contributed by atoms with van der Waals surface area (Å²) in [7, 11) is 0. The zero-order valence-corrected chi connectivity index (χ0v) is 11.2. The monoisotopic (exact) mass is 294 g/mol. The average molecular weight is 295 g/mol. The molecule has 90 valence electrons. The van der Waals surface area contributed by atoms with E-state index in [-0.39, 0.29) is 11.9 Å². The lowest BCUT2D eigenvalue weighted by Gasteiger charge is -2.30. The fourth-order valence-electron chi connectivity index (χ4n) is 3.20. The summed E-state index contributed by atoms with van der Waals surface area (Å²) in [6.45, 7) is 0.635. The van der Waals surface area contributed by atoms with Crippen molar-refractivity contribution in [2.75, 3.05) is 6.61 Å². The molecule has 0 N–H and O–H groups in total. The highest BCUT2D eigenvalue weighted by molar-refractivity contribution is 9.10. The van der Waals surface area contributed by atoms with Gasteiger partial charge >= 0.3 is 5.97 Å². The Bertz CT molecular complexity index is 426. The Morgan fingerprint density at radius 2 is 1.94 bits per heavy atom. The highest BCUT2D eigenvalue weighted by atomic mass is 79.9. The number of carbonyl (C=O) groups excluding carboxylic acids is 1. The lowest BCUT2D eigenvalue weighted by atomic mass is 9.71. The average Bonchev–Trinajstić information content (AvgIpc) is 2.73. The van der Waals surface area contributed by atoms with Crippen LogP contribution in [0.15, 0.2) is 28.7 Å². The van der Waals surface area contributed by atoms with Gasteiger partial charge in [0.25, 0.3) is 0 Å². The molecule has 3 rings (SSSR count). The molecule has 1 aromatic carbocycles. The van der Waals surface area contributed by atoms with E-state index in [9.17, 15) is 4.79 Å². The van der Waals surface area contributed by atoms with Gasteiger partial charge in [-0.05, 0) is 36.5 Å². The van der Waals surface area contributed by atoms with Gasteiger partial charge in [-0.15, -0.1) is 0 Å². The summed E-state index contributed by atoms with van der Waals surface area (Å²) < 4.78 is 6.31. The second kappa shape index (κ2) is 4.45. The van der Waals surface area contributed by atoms with E-state index in [4.69, 9.17) is 4.74 Å². The molecule has 0 unspecified atom stereocenters. The van der Waals surface area contributed by atoms with Crippen LogP contribution in [0, 0.1) is 11.8 Å². The molecule has 3 heteroatoms. The van der Waals surface area contributed by atoms with Gasteiger partial charge in [-0.3, -0.25) is 4.79 Å². The van der Waals surface area contributed by atoms with E-state index in [1.165, 1.54) is 12.0 Å². The minimum atomic E-state index is 0.0163. The number of esters is 1. The number of hydrogen-bond acceptors (Lipinski definition) is 2. The molecule has 0 amide bonds. The molecular weight excluding hydrogens is 280 g/mol. The van der Waals surface area contributed by atoms with Gasteiger partial charge in [-0.1, -0.05) is 34.5 Å². The van der Waals surface area contributed by atoms with Crippen LogP contribution >= 0.6 is 15.9 Å². The Morgan fingerprint density at radius 1 is 1.18 bits per heavy atom. The van der Waals surface area contributed by atoms with Crippen molar-refractivity contribution >= 4 is 21.9 Å². The largest absolute Gasteiger partial charge is 0.465 e. The number of halogens is 1. The molecule has 1 saturated heterocycles. The summed E-state index contributed by atoms with van der Waals surface area (Å²) in [5, 5.41) is 0. The molecule has 3 atom stereocenters. The number of hydrogen-bond donors (Lipinski definition) is 0. The van der Waals surface area contributed by atoms with Gasteiger partial charge in [-0.25, -0.2) is 0 Å². The third-order valence-corrected chi connectivity index (χ3v) is 4.57. The highest BCUT2D eigenvalue weighted by Gasteiger charge is 2.44. The van der Waals surface area contributed by atoms with Gasteiger partial charge < -0.3 is 4.74 Å². The second-order valence-electron chi connectivity index (χ2n) is 5.00. The first-order valence-corrected chi connectivity index (χ1v) is 6.97. The fourth-order valence-corrected chi connectivity index (χ4v) is 3.47. The van der Waals surface area contributed by atoms with E-state index >= 15 is 0 Å². The number of carbonyl (C=O) groups is 1. The number of benzene rings is 1. The third kappa shape index (κ3) is 2.01. The fraction of sp³-hybridized carbons (Fsp3) is 0.500. The molecule has 2 fully saturated rings. The minimum Gasteiger partial charge on any atom is -0.465 e. The predicted molar refractivity (Wildman–Crippen MR) is 68.7 cm³/mol. The van der Waals surface area contributed by atoms with Crippen LogP contribution in [-0.4, -0.2) is 12.6 Å². The molecule has 1 saturated carbocycles. The van der Waals surface area contributed by atoms with Crippen molar-refractivity contribution in [3.05, 3.63) is 34.3 Å². The summed E-state index contributed by atoms with van der Waals surface area (Å²) in [6.07, 6.45) is 3.46. The molecule has 2 nitrogen and oxygen atoms in total. The summed E-state index contributed by atoms with van der Waals surface area (Å²) >= 11 is 3.45. The Balaban J connectivity index is 1.90. The standard InChI is InChI=1S/C14H15BrO2/c15-11-6-4-9(5-7-11)12-3-1-2-10-8-17-14(16)13(10)12/h4-7,10,12-13H,1-3,8H2/t10-,12+,13+/m1/s1. The van der Waals surface area contributed by atoms with Crippen molar-refractivity contribution in [1.29, 1.82) is 0 Å². The van der Waals surface area contributed by atoms with E-state index in [1.807, 2.05) is 0 Å². The van der Waals surface area contributed by atoms with Gasteiger partial charge in [0.15, 0.2) is 0 Å². The second-order valence-corrected chi connectivity index (χ2v) is 5.92. The number of rotatable bonds is 1. The van der Waals surface area contributed by atoms with Crippen LogP contribution in [0.3, 0.4) is 0 Å². The predicted octanol–water partition coefficient (Wildman–Crippen LogP) is 3.51. The van der Waals surface area contributed by atoms with Crippen molar-refractivity contribution in [3.63, 3.8) is 0 Å². The first-order valence-electron chi connectivity index (χ1n) is 6.18. The SMILES string of the molecule is O=C1OC[C@H]2CCC[C@@H](c3ccc(Br)cc3)[C@@H]12. The highest BCUT2D eigenvalue weighted by Crippen LogP contribution is 2.45. The van der Waals surface area contributed by atoms with Crippen LogP contribution < -0.4 is 0 Å². The number of cyclic esters (lactones) is 1. The molecular formula is C14H15BrO2. The number of ether oxygens (including phenoxy) is 1. The van der Waals surface area contributed by atoms with Crippen molar-refractivity contribution in [2.24, 2.45) is 11.8 Å². The van der Waals surface area contributed by atoms with E-state index in [0.29, 0.717) is 18.4 Å². The third-order valence-electron chi connectivity index (χ3n) is 4.04. The Hall–Kier alpha value is -0.830. The van der Waals surface area contributed by atoms with E-state index in [2.05, 4.69) is 40.2 Å². The van der Waals surface area contributed by atoms with E-state index < -0.39 is 0 Å². The maximum Gasteiger partial charge on any atom is 0.309 e. The molecule has 1 heterocycles. The minimum absolute atomic E-state index is 0.0163. The molecule has 0 spiro atoms. The Labute approximate surface area is 109 Å². The lowest BCUT2D eigenvalue weighted by molar-refractivity contribution is -0.142. The van der Waals surface area contributed by atoms with Crippen LogP contribution in [0.25, 0.3) is 0 Å². The van der Waals surface area contributed by atoms with Gasteiger partial charge in [0.05, 0.1) is 12.5 Å². The van der Waals surface area contributed by atoms with Gasteiger partial charge in [-0.2, -0.15) is 0 Å². The normalized spacial score (nSPS) is 32.1. The van der Waals surface area contributed by atoms with Crippen molar-refractivity contribution in [1.82, 2.24) is 0 Å². The molecule has 1 aromatic rings. The van der Waals surface area contributed by atoms with Crippen LogP contribution in [0.1, 0.15) is 30.7 Å². The Morgan fingerprint density at radius 3 is 2.71 bits per heavy atom. The number of fused-ring (bicyclic) bond motifs is 1. The molecule has 17 heavy (non-hydrogen) atoms. The van der Waals surface area contributed by atoms with E-state index in [0.717, 1.165) is 17.3 Å². The van der Waals surface area contributed by atoms with Gasteiger partial charge in [0, 0.05) is 10.4 Å². The quantitative estimate of drug-likeness (QED) is 0.741. The van der Waals surface area contributed by atoms with Crippen LogP contribution in [0.5, 0.6) is 0 Å². The summed E-state index contributed by atoms with van der Waals surface area (Å²) in [5.74, 6) is 0.925.